The first-order valence-corrected chi connectivity index (χ1v) is 7.55. The van der Waals surface area contributed by atoms with Gasteiger partial charge in [-0.05, 0) is 32.2 Å². The molecule has 6 heteroatoms. The number of nitrogens with one attached hydrogen (secondary N) is 1. The van der Waals surface area contributed by atoms with Crippen molar-refractivity contribution in [2.75, 3.05) is 24.7 Å². The smallest absolute Gasteiger partial charge is 0.317 e. The molecular weight excluding hydrogens is 276 g/mol. The van der Waals surface area contributed by atoms with Crippen LogP contribution in [-0.2, 0) is 9.59 Å². The van der Waals surface area contributed by atoms with E-state index in [-0.39, 0.29) is 25.0 Å². The van der Waals surface area contributed by atoms with E-state index in [1.54, 1.807) is 16.7 Å². The van der Waals surface area contributed by atoms with Gasteiger partial charge in [0.05, 0.1) is 18.8 Å². The molecule has 0 heterocycles. The fraction of sp³-hybridized carbons (Fsp3) is 0.429. The van der Waals surface area contributed by atoms with Gasteiger partial charge in [-0.15, -0.1) is 11.8 Å². The monoisotopic (exact) mass is 296 g/mol. The average Bonchev–Trinajstić information content (AvgIpc) is 2.37. The average molecular weight is 296 g/mol. The van der Waals surface area contributed by atoms with E-state index in [1.165, 1.54) is 0 Å². The van der Waals surface area contributed by atoms with Crippen molar-refractivity contribution in [2.24, 2.45) is 0 Å². The number of carbonyl (C=O) groups is 2. The predicted molar refractivity (Wildman–Crippen MR) is 81.2 cm³/mol. The summed E-state index contributed by atoms with van der Waals surface area (Å²) >= 11 is 1.55. The highest BCUT2D eigenvalue weighted by Crippen LogP contribution is 2.24. The van der Waals surface area contributed by atoms with Gasteiger partial charge in [-0.2, -0.15) is 0 Å². The van der Waals surface area contributed by atoms with Crippen molar-refractivity contribution in [1.29, 1.82) is 0 Å². The van der Waals surface area contributed by atoms with Crippen LogP contribution >= 0.6 is 11.8 Å². The number of carbonyl (C=O) groups excluding carboxylic acids is 1. The molecule has 1 aromatic rings. The second-order valence-corrected chi connectivity index (χ2v) is 5.49. The zero-order valence-corrected chi connectivity index (χ0v) is 12.7. The van der Waals surface area contributed by atoms with E-state index in [4.69, 9.17) is 5.11 Å². The Bertz CT molecular complexity index is 477. The van der Waals surface area contributed by atoms with E-state index in [2.05, 4.69) is 5.32 Å². The van der Waals surface area contributed by atoms with Crippen LogP contribution in [0.15, 0.2) is 29.2 Å². The fourth-order valence-electron chi connectivity index (χ4n) is 1.72. The van der Waals surface area contributed by atoms with Crippen LogP contribution in [0.3, 0.4) is 0 Å². The maximum Gasteiger partial charge on any atom is 0.317 e. The molecule has 0 spiro atoms. The van der Waals surface area contributed by atoms with Crippen LogP contribution < -0.4 is 5.32 Å². The third kappa shape index (κ3) is 5.22. The Hall–Kier alpha value is -1.53. The molecule has 0 saturated heterocycles. The Balaban J connectivity index is 2.68. The Morgan fingerprint density at radius 1 is 1.30 bits per heavy atom. The first-order chi connectivity index (χ1) is 9.43. The summed E-state index contributed by atoms with van der Waals surface area (Å²) < 4.78 is 0. The second-order valence-electron chi connectivity index (χ2n) is 4.64. The van der Waals surface area contributed by atoms with Crippen molar-refractivity contribution in [1.82, 2.24) is 4.90 Å². The molecule has 1 aromatic carbocycles. The molecule has 5 nitrogen and oxygen atoms in total. The second kappa shape index (κ2) is 7.91. The molecule has 0 bridgehead atoms. The van der Waals surface area contributed by atoms with Gasteiger partial charge in [0.15, 0.2) is 0 Å². The van der Waals surface area contributed by atoms with Gasteiger partial charge in [0.25, 0.3) is 0 Å². The number of nitrogens with zero attached hydrogens (tertiary/aromatic N) is 1. The molecule has 0 fully saturated rings. The lowest BCUT2D eigenvalue weighted by Gasteiger charge is -2.23. The minimum atomic E-state index is -0.934. The Morgan fingerprint density at radius 2 is 1.95 bits per heavy atom. The van der Waals surface area contributed by atoms with E-state index in [1.807, 2.05) is 44.4 Å². The molecule has 1 amide bonds. The minimum Gasteiger partial charge on any atom is -0.480 e. The topological polar surface area (TPSA) is 69.6 Å². The number of hydrogen-bond acceptors (Lipinski definition) is 4. The Labute approximate surface area is 123 Å². The largest absolute Gasteiger partial charge is 0.480 e. The maximum absolute atomic E-state index is 12.0. The van der Waals surface area contributed by atoms with Crippen LogP contribution in [0, 0.1) is 0 Å². The van der Waals surface area contributed by atoms with Gasteiger partial charge in [0.1, 0.15) is 0 Å². The van der Waals surface area contributed by atoms with Crippen molar-refractivity contribution in [3.63, 3.8) is 0 Å². The number of anilines is 1. The summed E-state index contributed by atoms with van der Waals surface area (Å²) in [5.41, 5.74) is 0.754. The molecule has 0 aromatic heterocycles. The molecule has 0 radical (unpaired) electrons. The number of thioether (sulfide) groups is 1. The third-order valence-corrected chi connectivity index (χ3v) is 3.59. The van der Waals surface area contributed by atoms with Crippen molar-refractivity contribution in [3.05, 3.63) is 24.3 Å². The Kier molecular flexibility index (Phi) is 6.54. The van der Waals surface area contributed by atoms with Gasteiger partial charge in [-0.1, -0.05) is 12.1 Å². The van der Waals surface area contributed by atoms with Crippen LogP contribution in [0.5, 0.6) is 0 Å². The van der Waals surface area contributed by atoms with Crippen LogP contribution in [0.2, 0.25) is 0 Å². The van der Waals surface area contributed by atoms with Gasteiger partial charge < -0.3 is 10.4 Å². The van der Waals surface area contributed by atoms with E-state index in [9.17, 15) is 9.59 Å². The lowest BCUT2D eigenvalue weighted by atomic mass is 10.3. The van der Waals surface area contributed by atoms with Crippen molar-refractivity contribution >= 4 is 29.3 Å². The molecule has 0 aliphatic rings. The highest BCUT2D eigenvalue weighted by molar-refractivity contribution is 7.98. The highest BCUT2D eigenvalue weighted by atomic mass is 32.2. The molecular formula is C14H20N2O3S. The van der Waals surface area contributed by atoms with E-state index in [0.717, 1.165) is 10.6 Å². The standard InChI is InChI=1S/C14H20N2O3S/c1-10(2)16(9-14(18)19)8-13(17)15-11-6-4-5-7-12(11)20-3/h4-7,10H,8-9H2,1-3H3,(H,15,17)(H,18,19). The van der Waals surface area contributed by atoms with Gasteiger partial charge in [-0.3, -0.25) is 14.5 Å². The number of para-hydroxylation sites is 1. The van der Waals surface area contributed by atoms with Crippen molar-refractivity contribution in [3.8, 4) is 0 Å². The molecule has 0 unspecified atom stereocenters. The molecule has 0 saturated carbocycles. The molecule has 0 atom stereocenters. The number of carboxylic acids is 1. The molecule has 0 aliphatic heterocycles. The normalized spacial score (nSPS) is 10.8. The van der Waals surface area contributed by atoms with Gasteiger partial charge in [0.2, 0.25) is 5.91 Å². The Morgan fingerprint density at radius 3 is 2.50 bits per heavy atom. The molecule has 2 N–H and O–H groups in total. The van der Waals surface area contributed by atoms with Gasteiger partial charge >= 0.3 is 5.97 Å². The summed E-state index contributed by atoms with van der Waals surface area (Å²) in [6, 6.07) is 7.52. The van der Waals surface area contributed by atoms with Gasteiger partial charge in [0, 0.05) is 10.9 Å². The van der Waals surface area contributed by atoms with Crippen LogP contribution in [0.25, 0.3) is 0 Å². The van der Waals surface area contributed by atoms with E-state index in [0.29, 0.717) is 0 Å². The van der Waals surface area contributed by atoms with Crippen molar-refractivity contribution in [2.45, 2.75) is 24.8 Å². The van der Waals surface area contributed by atoms with Crippen LogP contribution in [0.1, 0.15) is 13.8 Å². The lowest BCUT2D eigenvalue weighted by Crippen LogP contribution is -2.41. The van der Waals surface area contributed by atoms with Crippen LogP contribution in [-0.4, -0.2) is 47.3 Å². The number of aliphatic carboxylic acids is 1. The molecule has 20 heavy (non-hydrogen) atoms. The summed E-state index contributed by atoms with van der Waals surface area (Å²) in [6.07, 6.45) is 1.94. The highest BCUT2D eigenvalue weighted by Gasteiger charge is 2.17. The zero-order chi connectivity index (χ0) is 15.1. The lowest BCUT2D eigenvalue weighted by molar-refractivity contribution is -0.139. The van der Waals surface area contributed by atoms with Gasteiger partial charge in [-0.25, -0.2) is 0 Å². The molecule has 1 rings (SSSR count). The maximum atomic E-state index is 12.0. The van der Waals surface area contributed by atoms with E-state index >= 15 is 0 Å². The van der Waals surface area contributed by atoms with Crippen molar-refractivity contribution < 1.29 is 14.7 Å². The third-order valence-electron chi connectivity index (χ3n) is 2.80. The van der Waals surface area contributed by atoms with Crippen LogP contribution in [0.4, 0.5) is 5.69 Å². The number of hydrogen-bond donors (Lipinski definition) is 2. The summed E-state index contributed by atoms with van der Waals surface area (Å²) in [6.45, 7) is 3.65. The fourth-order valence-corrected chi connectivity index (χ4v) is 2.27. The minimum absolute atomic E-state index is 0.00681. The van der Waals surface area contributed by atoms with E-state index < -0.39 is 5.97 Å². The summed E-state index contributed by atoms with van der Waals surface area (Å²) in [5, 5.41) is 11.7. The predicted octanol–water partition coefficient (Wildman–Crippen LogP) is 2.14. The summed E-state index contributed by atoms with van der Waals surface area (Å²) in [4.78, 5) is 25.4. The summed E-state index contributed by atoms with van der Waals surface area (Å²) in [5.74, 6) is -1.14. The molecule has 0 aliphatic carbocycles. The first kappa shape index (κ1) is 16.5. The zero-order valence-electron chi connectivity index (χ0n) is 11.9. The summed E-state index contributed by atoms with van der Waals surface area (Å²) in [7, 11) is 0. The first-order valence-electron chi connectivity index (χ1n) is 6.32. The number of rotatable bonds is 7. The molecule has 110 valence electrons. The number of amides is 1. The number of benzene rings is 1. The quantitative estimate of drug-likeness (QED) is 0.754. The SMILES string of the molecule is CSc1ccccc1NC(=O)CN(CC(=O)O)C(C)C. The number of carboxylic acid groups (broad SMARTS) is 1.